The second-order valence-electron chi connectivity index (χ2n) is 5.31. The van der Waals surface area contributed by atoms with E-state index >= 15 is 0 Å². The first-order valence-electron chi connectivity index (χ1n) is 7.70. The summed E-state index contributed by atoms with van der Waals surface area (Å²) >= 11 is 0. The van der Waals surface area contributed by atoms with Crippen LogP contribution in [-0.4, -0.2) is 30.8 Å². The number of benzene rings is 1. The van der Waals surface area contributed by atoms with Crippen LogP contribution in [0.25, 0.3) is 22.6 Å². The maximum absolute atomic E-state index is 9.72. The van der Waals surface area contributed by atoms with Crippen molar-refractivity contribution in [3.05, 3.63) is 45.6 Å². The summed E-state index contributed by atoms with van der Waals surface area (Å²) in [7, 11) is 0. The van der Waals surface area contributed by atoms with Crippen LogP contribution in [0, 0.1) is 68.0 Å². The Hall–Kier alpha value is -5.82. The van der Waals surface area contributed by atoms with E-state index in [0.717, 1.165) is 0 Å². The molecule has 12 heteroatoms. The van der Waals surface area contributed by atoms with Crippen LogP contribution in [0.15, 0.2) is 12.1 Å². The Morgan fingerprint density at radius 3 is 1.53 bits per heavy atom. The summed E-state index contributed by atoms with van der Waals surface area (Å²) in [5.74, 6) is -0.175. The minimum atomic E-state index is -0.386. The van der Waals surface area contributed by atoms with Gasteiger partial charge >= 0.3 is 0 Å². The third-order valence-corrected chi connectivity index (χ3v) is 3.91. The van der Waals surface area contributed by atoms with Crippen molar-refractivity contribution in [1.29, 1.82) is 31.6 Å². The van der Waals surface area contributed by atoms with Gasteiger partial charge in [-0.3, -0.25) is 0 Å². The molecule has 0 aliphatic carbocycles. The highest BCUT2D eigenvalue weighted by molar-refractivity contribution is 5.90. The first-order valence-corrected chi connectivity index (χ1v) is 7.70. The van der Waals surface area contributed by atoms with Gasteiger partial charge in [-0.25, -0.2) is 4.98 Å². The second kappa shape index (κ2) is 7.82. The van der Waals surface area contributed by atoms with Gasteiger partial charge in [0.15, 0.2) is 0 Å². The fourth-order valence-corrected chi connectivity index (χ4v) is 2.73. The number of hydrogen-bond acceptors (Lipinski definition) is 12. The molecule has 0 radical (unpaired) electrons. The lowest BCUT2D eigenvalue weighted by molar-refractivity contribution is 0.685. The lowest BCUT2D eigenvalue weighted by Crippen LogP contribution is -2.07. The zero-order valence-electron chi connectivity index (χ0n) is 14.5. The molecule has 0 aliphatic heterocycles. The van der Waals surface area contributed by atoms with Gasteiger partial charge in [0.05, 0.1) is 27.8 Å². The van der Waals surface area contributed by atoms with Gasteiger partial charge in [-0.1, -0.05) is 0 Å². The smallest absolute Gasteiger partial charge is 0.226 e. The van der Waals surface area contributed by atoms with Gasteiger partial charge in [-0.15, -0.1) is 10.2 Å². The van der Waals surface area contributed by atoms with E-state index in [-0.39, 0.29) is 56.2 Å². The fourth-order valence-electron chi connectivity index (χ4n) is 2.73. The minimum Gasteiger partial charge on any atom is -0.233 e. The zero-order chi connectivity index (χ0) is 21.7. The van der Waals surface area contributed by atoms with Crippen molar-refractivity contribution in [3.63, 3.8) is 0 Å². The number of aromatic nitrogens is 6. The largest absolute Gasteiger partial charge is 0.233 e. The Bertz CT molecular complexity index is 1390. The van der Waals surface area contributed by atoms with Gasteiger partial charge < -0.3 is 0 Å². The van der Waals surface area contributed by atoms with Gasteiger partial charge in [0.2, 0.25) is 5.82 Å². The molecular weight excluding hydrogens is 384 g/mol. The molecule has 1 aromatic carbocycles. The standard InChI is InChI=1S/C18H2N12/c19-3-9-1-2-10(17(25-9)18-26-28-30-29-27-18)16-14(7-23)12(5-21)11(4-20)13(6-22)15(16)8-24/h1-2H. The molecule has 0 spiro atoms. The number of rotatable bonds is 2. The third-order valence-electron chi connectivity index (χ3n) is 3.91. The molecule has 0 unspecified atom stereocenters. The van der Waals surface area contributed by atoms with Crippen molar-refractivity contribution >= 4 is 0 Å². The zero-order valence-corrected chi connectivity index (χ0v) is 14.5. The second-order valence-corrected chi connectivity index (χ2v) is 5.31. The molecule has 0 N–H and O–H groups in total. The number of hydrogen-bond donors (Lipinski definition) is 0. The maximum Gasteiger partial charge on any atom is 0.226 e. The quantitative estimate of drug-likeness (QED) is 0.591. The summed E-state index contributed by atoms with van der Waals surface area (Å²) in [5, 5.41) is 74.4. The van der Waals surface area contributed by atoms with E-state index in [1.807, 2.05) is 18.2 Å². The maximum atomic E-state index is 9.72. The predicted octanol–water partition coefficient (Wildman–Crippen LogP) is 0.621. The molecule has 0 aliphatic rings. The van der Waals surface area contributed by atoms with Crippen molar-refractivity contribution < 1.29 is 0 Å². The first-order chi connectivity index (χ1) is 14.6. The Labute approximate surface area is 167 Å². The third kappa shape index (κ3) is 2.84. The van der Waals surface area contributed by atoms with Crippen molar-refractivity contribution in [3.8, 4) is 59.1 Å². The van der Waals surface area contributed by atoms with Crippen LogP contribution in [0.1, 0.15) is 33.5 Å². The highest BCUT2D eigenvalue weighted by Gasteiger charge is 2.28. The molecule has 134 valence electrons. The van der Waals surface area contributed by atoms with E-state index in [2.05, 4.69) is 30.8 Å². The summed E-state index contributed by atoms with van der Waals surface area (Å²) in [6.07, 6.45) is 0. The van der Waals surface area contributed by atoms with Gasteiger partial charge in [0, 0.05) is 11.1 Å². The lowest BCUT2D eigenvalue weighted by atomic mass is 9.84. The summed E-state index contributed by atoms with van der Waals surface area (Å²) in [6.45, 7) is 0. The van der Waals surface area contributed by atoms with Crippen molar-refractivity contribution in [2.24, 2.45) is 0 Å². The first kappa shape index (κ1) is 19.0. The minimum absolute atomic E-state index is 0.0409. The molecule has 0 saturated carbocycles. The topological polar surface area (TPSA) is 220 Å². The Morgan fingerprint density at radius 1 is 0.567 bits per heavy atom. The van der Waals surface area contributed by atoms with Crippen LogP contribution >= 0.6 is 0 Å². The van der Waals surface area contributed by atoms with Gasteiger partial charge in [-0.2, -0.15) is 31.6 Å². The molecule has 3 aromatic rings. The molecule has 2 aromatic heterocycles. The number of nitriles is 6. The van der Waals surface area contributed by atoms with Crippen LogP contribution in [-0.2, 0) is 0 Å². The summed E-state index contributed by atoms with van der Waals surface area (Å²) in [5.41, 5.74) is -1.93. The molecule has 0 amide bonds. The molecule has 12 nitrogen and oxygen atoms in total. The van der Waals surface area contributed by atoms with E-state index in [1.54, 1.807) is 18.2 Å². The normalized spacial score (nSPS) is 9.13. The summed E-state index contributed by atoms with van der Waals surface area (Å²) < 4.78 is 0. The lowest BCUT2D eigenvalue weighted by Gasteiger charge is -2.14. The van der Waals surface area contributed by atoms with E-state index < -0.39 is 0 Å². The SMILES string of the molecule is N#Cc1ccc(-c2c(C#N)c(C#N)c(C#N)c(C#N)c2C#N)c(-c2nnnnn2)n1. The molecular formula is C18H2N12. The molecule has 0 saturated heterocycles. The van der Waals surface area contributed by atoms with E-state index in [9.17, 15) is 31.6 Å². The molecule has 0 atom stereocenters. The van der Waals surface area contributed by atoms with Crippen LogP contribution in [0.2, 0.25) is 0 Å². The average Bonchev–Trinajstić information content (AvgIpc) is 2.81. The predicted molar refractivity (Wildman–Crippen MR) is 92.4 cm³/mol. The Morgan fingerprint density at radius 2 is 1.07 bits per heavy atom. The van der Waals surface area contributed by atoms with Gasteiger partial charge in [0.1, 0.15) is 47.8 Å². The average molecular weight is 386 g/mol. The van der Waals surface area contributed by atoms with Crippen LogP contribution in [0.4, 0.5) is 0 Å². The van der Waals surface area contributed by atoms with E-state index in [0.29, 0.717) is 0 Å². The molecule has 3 rings (SSSR count). The van der Waals surface area contributed by atoms with Crippen molar-refractivity contribution in [1.82, 2.24) is 30.8 Å². The Balaban J connectivity index is 2.59. The van der Waals surface area contributed by atoms with Gasteiger partial charge in [-0.05, 0) is 27.8 Å². The summed E-state index contributed by atoms with van der Waals surface area (Å²) in [6, 6.07) is 13.3. The van der Waals surface area contributed by atoms with Crippen LogP contribution < -0.4 is 0 Å². The van der Waals surface area contributed by atoms with Gasteiger partial charge in [0.25, 0.3) is 0 Å². The van der Waals surface area contributed by atoms with Crippen molar-refractivity contribution in [2.75, 3.05) is 0 Å². The molecule has 2 heterocycles. The fraction of sp³-hybridized carbons (Fsp3) is 0. The van der Waals surface area contributed by atoms with Crippen molar-refractivity contribution in [2.45, 2.75) is 0 Å². The van der Waals surface area contributed by atoms with E-state index in [1.165, 1.54) is 12.1 Å². The highest BCUT2D eigenvalue weighted by atomic mass is 15.5. The molecule has 30 heavy (non-hydrogen) atoms. The Kier molecular flexibility index (Phi) is 4.94. The number of nitrogens with zero attached hydrogens (tertiary/aromatic N) is 12. The monoisotopic (exact) mass is 386 g/mol. The summed E-state index contributed by atoms with van der Waals surface area (Å²) in [4.78, 5) is 4.10. The van der Waals surface area contributed by atoms with E-state index in [4.69, 9.17) is 0 Å². The molecule has 0 fully saturated rings. The van der Waals surface area contributed by atoms with Crippen LogP contribution in [0.5, 0.6) is 0 Å². The highest BCUT2D eigenvalue weighted by Crippen LogP contribution is 2.38. The van der Waals surface area contributed by atoms with Crippen LogP contribution in [0.3, 0.4) is 0 Å². The molecule has 0 bridgehead atoms. The number of pyridine rings is 1.